The summed E-state index contributed by atoms with van der Waals surface area (Å²) in [6.07, 6.45) is 101. The van der Waals surface area contributed by atoms with E-state index in [1.807, 2.05) is 0 Å². The fourth-order valence-corrected chi connectivity index (χ4v) is 8.54. The molecule has 0 rings (SSSR count). The molecule has 0 fully saturated rings. The van der Waals surface area contributed by atoms with Gasteiger partial charge in [-0.1, -0.05) is 268 Å². The van der Waals surface area contributed by atoms with Crippen molar-refractivity contribution >= 4 is 17.9 Å². The Bertz CT molecular complexity index is 1870. The monoisotopic (exact) mass is 1130 g/mol. The van der Waals surface area contributed by atoms with Gasteiger partial charge in [0.15, 0.2) is 6.10 Å². The molecule has 0 bridgehead atoms. The third kappa shape index (κ3) is 65.6. The topological polar surface area (TPSA) is 78.9 Å². The minimum Gasteiger partial charge on any atom is -0.462 e. The van der Waals surface area contributed by atoms with Crippen molar-refractivity contribution in [2.45, 2.75) is 277 Å². The molecule has 82 heavy (non-hydrogen) atoms. The van der Waals surface area contributed by atoms with E-state index in [1.165, 1.54) is 70.6 Å². The van der Waals surface area contributed by atoms with Gasteiger partial charge in [-0.3, -0.25) is 14.4 Å². The Morgan fingerprint density at radius 1 is 0.256 bits per heavy atom. The molecule has 1 atom stereocenters. The highest BCUT2D eigenvalue weighted by Gasteiger charge is 2.19. The normalized spacial score (nSPS) is 13.3. The highest BCUT2D eigenvalue weighted by Crippen LogP contribution is 2.14. The molecule has 0 aliphatic heterocycles. The van der Waals surface area contributed by atoms with Crippen LogP contribution in [0.15, 0.2) is 170 Å². The van der Waals surface area contributed by atoms with Gasteiger partial charge in [0.2, 0.25) is 0 Å². The molecule has 1 unspecified atom stereocenters. The van der Waals surface area contributed by atoms with E-state index in [-0.39, 0.29) is 37.5 Å². The van der Waals surface area contributed by atoms with Gasteiger partial charge in [-0.05, 0) is 154 Å². The minimum atomic E-state index is -0.816. The molecule has 0 heterocycles. The Hall–Kier alpha value is -5.23. The zero-order valence-electron chi connectivity index (χ0n) is 52.7. The van der Waals surface area contributed by atoms with Gasteiger partial charge < -0.3 is 14.2 Å². The van der Waals surface area contributed by atoms with Crippen LogP contribution in [0.3, 0.4) is 0 Å². The largest absolute Gasteiger partial charge is 0.462 e. The molecule has 0 spiro atoms. The van der Waals surface area contributed by atoms with Crippen molar-refractivity contribution in [3.05, 3.63) is 170 Å². The van der Waals surface area contributed by atoms with Gasteiger partial charge in [0, 0.05) is 19.3 Å². The highest BCUT2D eigenvalue weighted by atomic mass is 16.6. The number of carbonyl (C=O) groups is 3. The number of hydrogen-bond donors (Lipinski definition) is 0. The van der Waals surface area contributed by atoms with Crippen LogP contribution in [0.5, 0.6) is 0 Å². The minimum absolute atomic E-state index is 0.108. The third-order valence-corrected chi connectivity index (χ3v) is 13.4. The Kier molecular flexibility index (Phi) is 63.9. The maximum absolute atomic E-state index is 12.9. The molecule has 0 aliphatic carbocycles. The number of hydrogen-bond acceptors (Lipinski definition) is 6. The van der Waals surface area contributed by atoms with E-state index < -0.39 is 6.10 Å². The first-order valence-corrected chi connectivity index (χ1v) is 33.1. The predicted octanol–water partition coefficient (Wildman–Crippen LogP) is 23.0. The van der Waals surface area contributed by atoms with Gasteiger partial charge in [-0.2, -0.15) is 0 Å². The molecule has 0 amide bonds. The predicted molar refractivity (Wildman–Crippen MR) is 357 cm³/mol. The number of carbonyl (C=O) groups excluding carboxylic acids is 3. The van der Waals surface area contributed by atoms with Crippen LogP contribution in [0.4, 0.5) is 0 Å². The van der Waals surface area contributed by atoms with Crippen LogP contribution in [0.2, 0.25) is 0 Å². The summed E-state index contributed by atoms with van der Waals surface area (Å²) >= 11 is 0. The third-order valence-electron chi connectivity index (χ3n) is 13.4. The number of esters is 3. The molecule has 0 aliphatic rings. The van der Waals surface area contributed by atoms with Gasteiger partial charge in [-0.25, -0.2) is 0 Å². The summed E-state index contributed by atoms with van der Waals surface area (Å²) in [5.41, 5.74) is 0. The lowest BCUT2D eigenvalue weighted by atomic mass is 10.1. The van der Waals surface area contributed by atoms with E-state index in [4.69, 9.17) is 14.2 Å². The second-order valence-corrected chi connectivity index (χ2v) is 21.3. The van der Waals surface area contributed by atoms with Gasteiger partial charge in [0.05, 0.1) is 0 Å². The van der Waals surface area contributed by atoms with Crippen molar-refractivity contribution in [2.24, 2.45) is 0 Å². The zero-order chi connectivity index (χ0) is 59.2. The first-order chi connectivity index (χ1) is 40.5. The van der Waals surface area contributed by atoms with Gasteiger partial charge in [0.1, 0.15) is 13.2 Å². The van der Waals surface area contributed by atoms with E-state index in [1.54, 1.807) is 0 Å². The van der Waals surface area contributed by atoms with Crippen LogP contribution in [0, 0.1) is 0 Å². The van der Waals surface area contributed by atoms with E-state index in [0.717, 1.165) is 154 Å². The summed E-state index contributed by atoms with van der Waals surface area (Å²) in [6, 6.07) is 0. The van der Waals surface area contributed by atoms with Crippen LogP contribution >= 0.6 is 0 Å². The molecular formula is C76H120O6. The molecule has 0 saturated heterocycles. The molecule has 6 heteroatoms. The van der Waals surface area contributed by atoms with Crippen LogP contribution < -0.4 is 0 Å². The van der Waals surface area contributed by atoms with Gasteiger partial charge in [-0.15, -0.1) is 0 Å². The fraction of sp³-hybridized carbons (Fsp3) is 0.592. The van der Waals surface area contributed by atoms with Crippen molar-refractivity contribution < 1.29 is 28.6 Å². The molecular weight excluding hydrogens is 1010 g/mol. The number of ether oxygens (including phenoxy) is 3. The Labute approximate surface area is 504 Å². The smallest absolute Gasteiger partial charge is 0.306 e. The Morgan fingerprint density at radius 2 is 0.476 bits per heavy atom. The van der Waals surface area contributed by atoms with E-state index in [9.17, 15) is 14.4 Å². The van der Waals surface area contributed by atoms with Crippen LogP contribution in [0.25, 0.3) is 0 Å². The second kappa shape index (κ2) is 68.3. The van der Waals surface area contributed by atoms with Crippen molar-refractivity contribution in [1.82, 2.24) is 0 Å². The van der Waals surface area contributed by atoms with Crippen LogP contribution in [-0.2, 0) is 28.6 Å². The van der Waals surface area contributed by atoms with E-state index in [2.05, 4.69) is 191 Å². The first kappa shape index (κ1) is 76.8. The Morgan fingerprint density at radius 3 is 0.780 bits per heavy atom. The SMILES string of the molecule is CC/C=C\C/C=C\C/C=C\C/C=C\C/C=C\C/C=C\C/C=C\C/C=C\C/C=C\CCCCCCCCCC(=O)OCC(COC(=O)CCCCCCC/C=C\CCCCCCC)OC(=O)CCCC/C=C\C/C=C\C/C=C\C/C=C\CC. The Balaban J connectivity index is 4.33. The van der Waals surface area contributed by atoms with Crippen molar-refractivity contribution in [3.63, 3.8) is 0 Å². The van der Waals surface area contributed by atoms with Crippen molar-refractivity contribution in [2.75, 3.05) is 13.2 Å². The van der Waals surface area contributed by atoms with Crippen molar-refractivity contribution in [3.8, 4) is 0 Å². The summed E-state index contributed by atoms with van der Waals surface area (Å²) in [5.74, 6) is -0.974. The molecule has 0 N–H and O–H groups in total. The first-order valence-electron chi connectivity index (χ1n) is 33.1. The fourth-order valence-electron chi connectivity index (χ4n) is 8.54. The zero-order valence-corrected chi connectivity index (χ0v) is 52.7. The summed E-state index contributed by atoms with van der Waals surface area (Å²) < 4.78 is 16.9. The molecule has 0 aromatic rings. The molecule has 460 valence electrons. The van der Waals surface area contributed by atoms with Crippen LogP contribution in [0.1, 0.15) is 271 Å². The molecule has 0 aromatic heterocycles. The van der Waals surface area contributed by atoms with Crippen LogP contribution in [-0.4, -0.2) is 37.2 Å². The van der Waals surface area contributed by atoms with Gasteiger partial charge >= 0.3 is 17.9 Å². The summed E-state index contributed by atoms with van der Waals surface area (Å²) in [5, 5.41) is 0. The standard InChI is InChI=1S/C76H120O6/c1-4-7-10-13-16-19-22-25-28-29-30-31-32-33-34-35-36-37-38-39-40-41-42-43-44-45-46-47-49-51-54-57-60-63-66-69-75(78)81-72-73(71-80-74(77)68-65-62-59-56-53-50-27-24-21-18-15-12-9-6-3)82-76(79)70-67-64-61-58-55-52-48-26-23-20-17-14-11-8-5-2/h7-8,10-11,16-17,19-20,24-28,30-31,33-34,36-37,39-40,42-43,45-46,48,55,58,73H,4-6,9,12-15,18,21-23,29,32,35,38,41,44,47,49-54,56-57,59-72H2,1-3H3/b10-7-,11-8-,19-16-,20-17-,27-24-,28-25-,31-30-,34-33-,37-36-,40-39-,43-42-,46-45-,48-26-,58-55-. The van der Waals surface area contributed by atoms with E-state index in [0.29, 0.717) is 19.3 Å². The number of allylic oxidation sites excluding steroid dienone is 28. The maximum Gasteiger partial charge on any atom is 0.306 e. The van der Waals surface area contributed by atoms with Crippen molar-refractivity contribution in [1.29, 1.82) is 0 Å². The lowest BCUT2D eigenvalue weighted by molar-refractivity contribution is -0.167. The molecule has 0 aromatic carbocycles. The highest BCUT2D eigenvalue weighted by molar-refractivity contribution is 5.71. The summed E-state index contributed by atoms with van der Waals surface area (Å²) in [6.45, 7) is 6.34. The molecule has 6 nitrogen and oxygen atoms in total. The average Bonchev–Trinajstić information content (AvgIpc) is 3.48. The molecule has 0 saturated carbocycles. The second-order valence-electron chi connectivity index (χ2n) is 21.3. The summed E-state index contributed by atoms with van der Waals surface area (Å²) in [4.78, 5) is 38.3. The lowest BCUT2D eigenvalue weighted by Crippen LogP contribution is -2.30. The summed E-state index contributed by atoms with van der Waals surface area (Å²) in [7, 11) is 0. The van der Waals surface area contributed by atoms with E-state index >= 15 is 0 Å². The number of unbranched alkanes of at least 4 members (excludes halogenated alkanes) is 19. The maximum atomic E-state index is 12.9. The molecule has 0 radical (unpaired) electrons. The average molecular weight is 1130 g/mol. The number of rotatable bonds is 58. The lowest BCUT2D eigenvalue weighted by Gasteiger charge is -2.18. The van der Waals surface area contributed by atoms with Gasteiger partial charge in [0.25, 0.3) is 0 Å². The quantitative estimate of drug-likeness (QED) is 0.0261.